The Labute approximate surface area is 137 Å². The van der Waals surface area contributed by atoms with Gasteiger partial charge >= 0.3 is 0 Å². The summed E-state index contributed by atoms with van der Waals surface area (Å²) in [4.78, 5) is 11.9. The van der Waals surface area contributed by atoms with Crippen molar-refractivity contribution in [3.05, 3.63) is 57.1 Å². The van der Waals surface area contributed by atoms with Gasteiger partial charge in [0.25, 0.3) is 0 Å². The van der Waals surface area contributed by atoms with Crippen molar-refractivity contribution in [1.29, 1.82) is 5.26 Å². The molecule has 0 fully saturated rings. The zero-order chi connectivity index (χ0) is 15.4. The zero-order valence-corrected chi connectivity index (χ0v) is 13.4. The first kappa shape index (κ1) is 16.0. The molecule has 21 heavy (non-hydrogen) atoms. The molecule has 1 heterocycles. The average molecular weight is 339 g/mol. The van der Waals surface area contributed by atoms with Crippen LogP contribution in [-0.4, -0.2) is 11.7 Å². The lowest BCUT2D eigenvalue weighted by molar-refractivity contribution is -0.120. The zero-order valence-electron chi connectivity index (χ0n) is 11.0. The van der Waals surface area contributed by atoms with E-state index >= 15 is 0 Å². The minimum Gasteiger partial charge on any atom is -0.320 e. The number of carbonyl (C=O) groups excluding carboxylic acids is 1. The first-order valence-corrected chi connectivity index (χ1v) is 7.94. The monoisotopic (exact) mass is 338 g/mol. The summed E-state index contributed by atoms with van der Waals surface area (Å²) in [6.45, 7) is 3.64. The van der Waals surface area contributed by atoms with Gasteiger partial charge in [-0.2, -0.15) is 5.26 Å². The summed E-state index contributed by atoms with van der Waals surface area (Å²) < 4.78 is 0. The highest BCUT2D eigenvalue weighted by molar-refractivity contribution is 8.03. The van der Waals surface area contributed by atoms with Gasteiger partial charge in [-0.1, -0.05) is 41.4 Å². The van der Waals surface area contributed by atoms with E-state index in [2.05, 4.69) is 18.0 Å². The van der Waals surface area contributed by atoms with Gasteiger partial charge in [0.1, 0.15) is 0 Å². The fraction of sp³-hybridized carbons (Fsp3) is 0.200. The number of amides is 1. The predicted octanol–water partition coefficient (Wildman–Crippen LogP) is 4.25. The van der Waals surface area contributed by atoms with Gasteiger partial charge in [-0.15, -0.1) is 18.3 Å². The summed E-state index contributed by atoms with van der Waals surface area (Å²) in [5, 5.41) is 13.6. The topological polar surface area (TPSA) is 52.9 Å². The van der Waals surface area contributed by atoms with Gasteiger partial charge in [-0.3, -0.25) is 4.79 Å². The van der Waals surface area contributed by atoms with Crippen molar-refractivity contribution in [3.8, 4) is 6.07 Å². The van der Waals surface area contributed by atoms with E-state index < -0.39 is 0 Å². The molecule has 0 spiro atoms. The van der Waals surface area contributed by atoms with Gasteiger partial charge in [0, 0.05) is 18.1 Å². The largest absolute Gasteiger partial charge is 0.320 e. The number of benzene rings is 1. The Balaban J connectivity index is 2.50. The van der Waals surface area contributed by atoms with E-state index in [4.69, 9.17) is 23.2 Å². The normalized spacial score (nSPS) is 18.1. The van der Waals surface area contributed by atoms with Crippen molar-refractivity contribution in [2.75, 3.05) is 5.75 Å². The van der Waals surface area contributed by atoms with Gasteiger partial charge < -0.3 is 5.32 Å². The number of allylic oxidation sites excluding steroid dienone is 1. The Morgan fingerprint density at radius 1 is 1.52 bits per heavy atom. The highest BCUT2D eigenvalue weighted by Gasteiger charge is 2.31. The van der Waals surface area contributed by atoms with Gasteiger partial charge in [0.05, 0.1) is 26.7 Å². The molecule has 108 valence electrons. The third-order valence-corrected chi connectivity index (χ3v) is 4.90. The molecule has 1 aliphatic heterocycles. The second kappa shape index (κ2) is 7.04. The third kappa shape index (κ3) is 3.44. The van der Waals surface area contributed by atoms with Crippen LogP contribution in [0.15, 0.2) is 41.5 Å². The van der Waals surface area contributed by atoms with E-state index in [0.29, 0.717) is 32.0 Å². The number of carbonyl (C=O) groups is 1. The van der Waals surface area contributed by atoms with Gasteiger partial charge in [0.2, 0.25) is 5.91 Å². The molecule has 3 nitrogen and oxygen atoms in total. The van der Waals surface area contributed by atoms with Gasteiger partial charge in [-0.25, -0.2) is 0 Å². The van der Waals surface area contributed by atoms with E-state index in [1.165, 1.54) is 11.8 Å². The lowest BCUT2D eigenvalue weighted by Gasteiger charge is -2.25. The molecule has 0 unspecified atom stereocenters. The number of nitrogens with zero attached hydrogens (tertiary/aromatic N) is 1. The third-order valence-electron chi connectivity index (χ3n) is 3.06. The molecule has 1 atom stereocenters. The van der Waals surface area contributed by atoms with E-state index in [9.17, 15) is 10.1 Å². The number of thioether (sulfide) groups is 1. The molecule has 1 N–H and O–H groups in total. The molecule has 2 rings (SSSR count). The molecule has 0 saturated carbocycles. The van der Waals surface area contributed by atoms with E-state index in [-0.39, 0.29) is 18.2 Å². The lowest BCUT2D eigenvalue weighted by atomic mass is 9.87. The van der Waals surface area contributed by atoms with Crippen molar-refractivity contribution in [3.63, 3.8) is 0 Å². The molecule has 1 amide bonds. The van der Waals surface area contributed by atoms with E-state index in [1.54, 1.807) is 24.3 Å². The van der Waals surface area contributed by atoms with Crippen molar-refractivity contribution < 1.29 is 4.79 Å². The second-order valence-electron chi connectivity index (χ2n) is 4.40. The molecule has 0 aliphatic carbocycles. The summed E-state index contributed by atoms with van der Waals surface area (Å²) in [5.41, 5.74) is 1.21. The van der Waals surface area contributed by atoms with Crippen LogP contribution in [0.25, 0.3) is 0 Å². The predicted molar refractivity (Wildman–Crippen MR) is 87.3 cm³/mol. The molecule has 1 aromatic rings. The van der Waals surface area contributed by atoms with E-state index in [0.717, 1.165) is 0 Å². The minimum absolute atomic E-state index is 0.137. The summed E-state index contributed by atoms with van der Waals surface area (Å²) in [6.07, 6.45) is 1.90. The highest BCUT2D eigenvalue weighted by Crippen LogP contribution is 2.40. The average Bonchev–Trinajstić information content (AvgIpc) is 2.47. The Morgan fingerprint density at radius 3 is 2.95 bits per heavy atom. The maximum Gasteiger partial charge on any atom is 0.225 e. The van der Waals surface area contributed by atoms with Crippen molar-refractivity contribution in [2.24, 2.45) is 0 Å². The van der Waals surface area contributed by atoms with Crippen LogP contribution in [-0.2, 0) is 4.79 Å². The second-order valence-corrected chi connectivity index (χ2v) is 6.22. The highest BCUT2D eigenvalue weighted by atomic mass is 35.5. The molecule has 0 aromatic heterocycles. The molecular weight excluding hydrogens is 327 g/mol. The Bertz CT molecular complexity index is 664. The first-order valence-electron chi connectivity index (χ1n) is 6.20. The van der Waals surface area contributed by atoms with Crippen LogP contribution >= 0.6 is 35.0 Å². The maximum absolute atomic E-state index is 11.9. The molecule has 0 bridgehead atoms. The summed E-state index contributed by atoms with van der Waals surface area (Å²) in [7, 11) is 0. The molecule has 1 aliphatic rings. The Hall–Kier alpha value is -1.41. The van der Waals surface area contributed by atoms with Gasteiger partial charge in [0.15, 0.2) is 0 Å². The van der Waals surface area contributed by atoms with Crippen molar-refractivity contribution in [1.82, 2.24) is 5.32 Å². The van der Waals surface area contributed by atoms with Crippen LogP contribution in [0, 0.1) is 11.3 Å². The fourth-order valence-corrected chi connectivity index (χ4v) is 3.38. The summed E-state index contributed by atoms with van der Waals surface area (Å²) in [5.74, 6) is 0.0976. The number of hydrogen-bond donors (Lipinski definition) is 1. The maximum atomic E-state index is 11.9. The van der Waals surface area contributed by atoms with Crippen LogP contribution in [0.5, 0.6) is 0 Å². The molecule has 0 saturated heterocycles. The molecule has 6 heteroatoms. The quantitative estimate of drug-likeness (QED) is 0.835. The van der Waals surface area contributed by atoms with Gasteiger partial charge in [-0.05, 0) is 11.6 Å². The van der Waals surface area contributed by atoms with Crippen molar-refractivity contribution >= 4 is 40.9 Å². The van der Waals surface area contributed by atoms with Crippen LogP contribution in [0.4, 0.5) is 0 Å². The Kier molecular flexibility index (Phi) is 5.35. The first-order chi connectivity index (χ1) is 10.1. The number of nitriles is 1. The van der Waals surface area contributed by atoms with Crippen LogP contribution < -0.4 is 5.32 Å². The standard InChI is InChI=1S/C15H12Cl2N2OS/c1-2-6-21-15-11(8-18)10(7-13(20)19-15)9-4-3-5-12(16)14(9)17/h2-5,10H,1,6-7H2,(H,19,20)/t10-/m0/s1. The number of halogens is 2. The lowest BCUT2D eigenvalue weighted by Crippen LogP contribution is -2.31. The van der Waals surface area contributed by atoms with E-state index in [1.807, 2.05) is 0 Å². The summed E-state index contributed by atoms with van der Waals surface area (Å²) >= 11 is 13.6. The molecular formula is C15H12Cl2N2OS. The smallest absolute Gasteiger partial charge is 0.225 e. The fourth-order valence-electron chi connectivity index (χ4n) is 2.13. The number of hydrogen-bond acceptors (Lipinski definition) is 3. The molecule has 0 radical (unpaired) electrons. The minimum atomic E-state index is -0.373. The summed E-state index contributed by atoms with van der Waals surface area (Å²) in [6, 6.07) is 7.43. The van der Waals surface area contributed by atoms with Crippen LogP contribution in [0.2, 0.25) is 10.0 Å². The number of rotatable bonds is 4. The SMILES string of the molecule is C=CCSC1=C(C#N)[C@H](c2cccc(Cl)c2Cl)CC(=O)N1. The number of nitrogens with one attached hydrogen (secondary N) is 1. The van der Waals surface area contributed by atoms with Crippen molar-refractivity contribution in [2.45, 2.75) is 12.3 Å². The van der Waals surface area contributed by atoms with Crippen LogP contribution in [0.3, 0.4) is 0 Å². The Morgan fingerprint density at radius 2 is 2.29 bits per heavy atom. The van der Waals surface area contributed by atoms with Crippen LogP contribution in [0.1, 0.15) is 17.9 Å². The molecule has 1 aromatic carbocycles.